The van der Waals surface area contributed by atoms with Crippen LogP contribution < -0.4 is 4.74 Å². The molecule has 0 aliphatic carbocycles. The van der Waals surface area contributed by atoms with Crippen LogP contribution in [0.3, 0.4) is 0 Å². The maximum Gasteiger partial charge on any atom is 0.257 e. The van der Waals surface area contributed by atoms with Gasteiger partial charge in [0, 0.05) is 30.2 Å². The highest BCUT2D eigenvalue weighted by atomic mass is 35.5. The SMILES string of the molecule is CN1CCCCN(S(=O)(=O)c2cc(Cl)cc(Cl)c2)[C@@H](Cc2ccccc2)COc2ccccc2C1=O. The topological polar surface area (TPSA) is 66.9 Å². The van der Waals surface area contributed by atoms with Gasteiger partial charge in [-0.2, -0.15) is 4.31 Å². The van der Waals surface area contributed by atoms with Crippen LogP contribution in [0, 0.1) is 0 Å². The first kappa shape index (κ1) is 26.5. The van der Waals surface area contributed by atoms with Crippen molar-refractivity contribution in [3.63, 3.8) is 0 Å². The van der Waals surface area contributed by atoms with Crippen molar-refractivity contribution >= 4 is 39.1 Å². The van der Waals surface area contributed by atoms with Crippen LogP contribution in [0.25, 0.3) is 0 Å². The average Bonchev–Trinajstić information content (AvgIpc) is 2.85. The third kappa shape index (κ3) is 6.21. The van der Waals surface area contributed by atoms with Crippen LogP contribution in [0.5, 0.6) is 5.75 Å². The summed E-state index contributed by atoms with van der Waals surface area (Å²) in [5.74, 6) is 0.306. The highest BCUT2D eigenvalue weighted by Gasteiger charge is 2.33. The van der Waals surface area contributed by atoms with Gasteiger partial charge in [-0.25, -0.2) is 8.42 Å². The first-order chi connectivity index (χ1) is 17.3. The second kappa shape index (κ2) is 11.6. The van der Waals surface area contributed by atoms with Gasteiger partial charge < -0.3 is 9.64 Å². The molecule has 0 saturated carbocycles. The normalized spacial score (nSPS) is 18.0. The van der Waals surface area contributed by atoms with E-state index in [-0.39, 0.29) is 34.0 Å². The van der Waals surface area contributed by atoms with Crippen molar-refractivity contribution in [2.45, 2.75) is 30.2 Å². The molecular weight excluding hydrogens is 519 g/mol. The third-order valence-electron chi connectivity index (χ3n) is 6.18. The van der Waals surface area contributed by atoms with Gasteiger partial charge in [0.05, 0.1) is 16.5 Å². The second-order valence-corrected chi connectivity index (χ2v) is 11.6. The zero-order chi connectivity index (χ0) is 25.7. The minimum atomic E-state index is -3.96. The highest BCUT2D eigenvalue weighted by molar-refractivity contribution is 7.89. The fourth-order valence-corrected chi connectivity index (χ4v) is 6.70. The molecule has 3 aromatic rings. The quantitative estimate of drug-likeness (QED) is 0.430. The number of ether oxygens (including phenoxy) is 1. The smallest absolute Gasteiger partial charge is 0.257 e. The number of rotatable bonds is 4. The van der Waals surface area contributed by atoms with Crippen molar-refractivity contribution in [2.75, 3.05) is 26.7 Å². The molecule has 0 aromatic heterocycles. The van der Waals surface area contributed by atoms with Gasteiger partial charge in [-0.1, -0.05) is 65.7 Å². The van der Waals surface area contributed by atoms with Gasteiger partial charge in [0.2, 0.25) is 10.0 Å². The number of hydrogen-bond donors (Lipinski definition) is 0. The summed E-state index contributed by atoms with van der Waals surface area (Å²) in [5.41, 5.74) is 1.43. The number of carbonyl (C=O) groups is 1. The molecule has 0 radical (unpaired) electrons. The van der Waals surface area contributed by atoms with Crippen molar-refractivity contribution in [1.82, 2.24) is 9.21 Å². The summed E-state index contributed by atoms with van der Waals surface area (Å²) >= 11 is 12.3. The van der Waals surface area contributed by atoms with E-state index in [1.165, 1.54) is 22.5 Å². The fraction of sp³-hybridized carbons (Fsp3) is 0.296. The zero-order valence-electron chi connectivity index (χ0n) is 19.9. The van der Waals surface area contributed by atoms with E-state index >= 15 is 0 Å². The molecule has 0 N–H and O–H groups in total. The van der Waals surface area contributed by atoms with Gasteiger partial charge in [0.25, 0.3) is 5.91 Å². The lowest BCUT2D eigenvalue weighted by Crippen LogP contribution is -2.46. The molecule has 9 heteroatoms. The van der Waals surface area contributed by atoms with Gasteiger partial charge in [-0.3, -0.25) is 4.79 Å². The number of nitrogens with zero attached hydrogens (tertiary/aromatic N) is 2. The van der Waals surface area contributed by atoms with Crippen molar-refractivity contribution < 1.29 is 17.9 Å². The minimum Gasteiger partial charge on any atom is -0.491 e. The molecular formula is C27H28Cl2N2O4S. The molecule has 190 valence electrons. The molecule has 0 bridgehead atoms. The summed E-state index contributed by atoms with van der Waals surface area (Å²) in [5, 5.41) is 0.501. The second-order valence-electron chi connectivity index (χ2n) is 8.81. The van der Waals surface area contributed by atoms with Gasteiger partial charge in [-0.05, 0) is 55.2 Å². The van der Waals surface area contributed by atoms with Crippen molar-refractivity contribution in [3.8, 4) is 5.75 Å². The molecule has 4 rings (SSSR count). The fourth-order valence-electron chi connectivity index (χ4n) is 4.32. The summed E-state index contributed by atoms with van der Waals surface area (Å²) in [6, 6.07) is 20.6. The summed E-state index contributed by atoms with van der Waals surface area (Å²) in [4.78, 5) is 14.7. The lowest BCUT2D eigenvalue weighted by Gasteiger charge is -2.32. The molecule has 36 heavy (non-hydrogen) atoms. The maximum atomic E-state index is 14.0. The first-order valence-corrected chi connectivity index (χ1v) is 13.9. The Bertz CT molecular complexity index is 1300. The number of benzene rings is 3. The average molecular weight is 548 g/mol. The van der Waals surface area contributed by atoms with Crippen LogP contribution in [0.15, 0.2) is 77.7 Å². The predicted molar refractivity (Wildman–Crippen MR) is 142 cm³/mol. The summed E-state index contributed by atoms with van der Waals surface area (Å²) in [6.45, 7) is 0.820. The number of hydrogen-bond acceptors (Lipinski definition) is 4. The molecule has 1 aliphatic heterocycles. The molecule has 1 amide bonds. The van der Waals surface area contributed by atoms with E-state index in [1.54, 1.807) is 36.2 Å². The molecule has 0 fully saturated rings. The standard InChI is InChI=1S/C27H28Cl2N2O4S/c1-30-13-7-8-14-31(36(33,34)24-17-21(28)16-22(29)18-24)23(15-20-9-3-2-4-10-20)19-35-26-12-6-5-11-25(26)27(30)32/h2-6,9-12,16-18,23H,7-8,13-15,19H2,1H3/t23-/m0/s1. The maximum absolute atomic E-state index is 14.0. The monoisotopic (exact) mass is 546 g/mol. The summed E-state index contributed by atoms with van der Waals surface area (Å²) in [7, 11) is -2.22. The molecule has 1 aliphatic rings. The van der Waals surface area contributed by atoms with Gasteiger partial charge in [-0.15, -0.1) is 0 Å². The van der Waals surface area contributed by atoms with Gasteiger partial charge in [0.1, 0.15) is 12.4 Å². The Morgan fingerprint density at radius 2 is 1.56 bits per heavy atom. The van der Waals surface area contributed by atoms with E-state index < -0.39 is 16.1 Å². The van der Waals surface area contributed by atoms with E-state index in [9.17, 15) is 13.2 Å². The minimum absolute atomic E-state index is 0.0397. The Morgan fingerprint density at radius 3 is 2.28 bits per heavy atom. The Morgan fingerprint density at radius 1 is 0.917 bits per heavy atom. The number of amides is 1. The lowest BCUT2D eigenvalue weighted by molar-refractivity contribution is 0.0781. The molecule has 1 heterocycles. The largest absolute Gasteiger partial charge is 0.491 e. The highest BCUT2D eigenvalue weighted by Crippen LogP contribution is 2.28. The molecule has 0 unspecified atom stereocenters. The van der Waals surface area contributed by atoms with Crippen LogP contribution in [-0.4, -0.2) is 56.3 Å². The molecule has 1 atom stereocenters. The lowest BCUT2D eigenvalue weighted by atomic mass is 10.1. The van der Waals surface area contributed by atoms with E-state index in [4.69, 9.17) is 27.9 Å². The van der Waals surface area contributed by atoms with E-state index in [1.807, 2.05) is 30.3 Å². The first-order valence-electron chi connectivity index (χ1n) is 11.7. The van der Waals surface area contributed by atoms with Crippen LogP contribution >= 0.6 is 23.2 Å². The van der Waals surface area contributed by atoms with Gasteiger partial charge in [0.15, 0.2) is 0 Å². The number of para-hydroxylation sites is 1. The zero-order valence-corrected chi connectivity index (χ0v) is 22.3. The molecule has 6 nitrogen and oxygen atoms in total. The Labute approximate surface area is 222 Å². The molecule has 3 aromatic carbocycles. The van der Waals surface area contributed by atoms with Crippen LogP contribution in [0.4, 0.5) is 0 Å². The number of carbonyl (C=O) groups excluding carboxylic acids is 1. The van der Waals surface area contributed by atoms with E-state index in [2.05, 4.69) is 0 Å². The van der Waals surface area contributed by atoms with Crippen molar-refractivity contribution in [3.05, 3.63) is 94.0 Å². The molecule has 0 spiro atoms. The van der Waals surface area contributed by atoms with Crippen molar-refractivity contribution in [2.24, 2.45) is 0 Å². The Hall–Kier alpha value is -2.58. The summed E-state index contributed by atoms with van der Waals surface area (Å²) < 4.78 is 35.6. The number of fused-ring (bicyclic) bond motifs is 1. The van der Waals surface area contributed by atoms with Gasteiger partial charge >= 0.3 is 0 Å². The number of sulfonamides is 1. The Balaban J connectivity index is 1.77. The third-order valence-corrected chi connectivity index (χ3v) is 8.55. The summed E-state index contributed by atoms with van der Waals surface area (Å²) in [6.07, 6.45) is 1.65. The van der Waals surface area contributed by atoms with Crippen LogP contribution in [0.2, 0.25) is 10.0 Å². The van der Waals surface area contributed by atoms with Crippen LogP contribution in [-0.2, 0) is 16.4 Å². The Kier molecular flexibility index (Phi) is 8.57. The van der Waals surface area contributed by atoms with Crippen molar-refractivity contribution in [1.29, 1.82) is 0 Å². The van der Waals surface area contributed by atoms with E-state index in [0.717, 1.165) is 5.56 Å². The van der Waals surface area contributed by atoms with Crippen LogP contribution in [0.1, 0.15) is 28.8 Å². The predicted octanol–water partition coefficient (Wildman–Crippen LogP) is 5.54. The molecule has 0 saturated heterocycles. The van der Waals surface area contributed by atoms with E-state index in [0.29, 0.717) is 37.1 Å². The number of halogens is 2.